The van der Waals surface area contributed by atoms with Crippen LogP contribution in [-0.2, 0) is 9.47 Å². The van der Waals surface area contributed by atoms with Crippen LogP contribution >= 0.6 is 23.2 Å². The fourth-order valence-corrected chi connectivity index (χ4v) is 1.35. The first kappa shape index (κ1) is 14.2. The van der Waals surface area contributed by atoms with Gasteiger partial charge in [0.1, 0.15) is 5.15 Å². The molecule has 0 saturated carbocycles. The lowest BCUT2D eigenvalue weighted by Gasteiger charge is -2.09. The average molecular weight is 275 g/mol. The second-order valence-electron chi connectivity index (χ2n) is 2.86. The van der Waals surface area contributed by atoms with Crippen LogP contribution in [0.4, 0.5) is 0 Å². The van der Waals surface area contributed by atoms with Crippen molar-refractivity contribution < 1.29 is 9.47 Å². The van der Waals surface area contributed by atoms with Crippen molar-refractivity contribution in [2.24, 2.45) is 0 Å². The van der Waals surface area contributed by atoms with Gasteiger partial charge in [-0.05, 0) is 31.4 Å². The summed E-state index contributed by atoms with van der Waals surface area (Å²) in [5.41, 5.74) is 0.487. The fourth-order valence-electron chi connectivity index (χ4n) is 0.996. The van der Waals surface area contributed by atoms with Gasteiger partial charge in [0.15, 0.2) is 0 Å². The standard InChI is InChI=1S/C11H12Cl2N2O2/c1-3-16-9(17-4-2)6-5-8-7-14-11(13)15-10(8)12/h7,9H,3-4H2,1-2H3. The summed E-state index contributed by atoms with van der Waals surface area (Å²) in [5, 5.41) is 0.302. The van der Waals surface area contributed by atoms with E-state index in [9.17, 15) is 0 Å². The van der Waals surface area contributed by atoms with Crippen LogP contribution in [0, 0.1) is 11.8 Å². The first-order chi connectivity index (χ1) is 8.17. The monoisotopic (exact) mass is 274 g/mol. The average Bonchev–Trinajstić information content (AvgIpc) is 2.28. The van der Waals surface area contributed by atoms with Gasteiger partial charge in [0, 0.05) is 19.4 Å². The lowest BCUT2D eigenvalue weighted by molar-refractivity contribution is -0.0969. The third-order valence-electron chi connectivity index (χ3n) is 1.67. The van der Waals surface area contributed by atoms with Crippen molar-refractivity contribution in [3.8, 4) is 11.8 Å². The number of nitrogens with zero attached hydrogens (tertiary/aromatic N) is 2. The molecule has 0 unspecified atom stereocenters. The topological polar surface area (TPSA) is 44.2 Å². The third kappa shape index (κ3) is 4.88. The normalized spacial score (nSPS) is 10.2. The van der Waals surface area contributed by atoms with Gasteiger partial charge >= 0.3 is 0 Å². The van der Waals surface area contributed by atoms with Gasteiger partial charge < -0.3 is 9.47 Å². The smallest absolute Gasteiger partial charge is 0.223 e. The minimum absolute atomic E-state index is 0.0896. The number of aromatic nitrogens is 2. The summed E-state index contributed by atoms with van der Waals surface area (Å²) >= 11 is 11.4. The predicted octanol–water partition coefficient (Wildman–Crippen LogP) is 2.53. The molecule has 0 radical (unpaired) electrons. The molecule has 0 fully saturated rings. The predicted molar refractivity (Wildman–Crippen MR) is 66.0 cm³/mol. The Morgan fingerprint density at radius 1 is 1.29 bits per heavy atom. The summed E-state index contributed by atoms with van der Waals surface area (Å²) in [6.07, 6.45) is 0.885. The molecule has 6 heteroatoms. The van der Waals surface area contributed by atoms with Crippen LogP contribution in [-0.4, -0.2) is 29.5 Å². The summed E-state index contributed by atoms with van der Waals surface area (Å²) in [5.74, 6) is 5.59. The molecule has 0 saturated heterocycles. The highest BCUT2D eigenvalue weighted by atomic mass is 35.5. The van der Waals surface area contributed by atoms with Crippen LogP contribution < -0.4 is 0 Å². The zero-order chi connectivity index (χ0) is 12.7. The molecule has 0 spiro atoms. The lowest BCUT2D eigenvalue weighted by atomic mass is 10.3. The summed E-state index contributed by atoms with van der Waals surface area (Å²) in [4.78, 5) is 7.57. The quantitative estimate of drug-likeness (QED) is 0.366. The lowest BCUT2D eigenvalue weighted by Crippen LogP contribution is -2.14. The van der Waals surface area contributed by atoms with Gasteiger partial charge in [0.2, 0.25) is 11.6 Å². The van der Waals surface area contributed by atoms with Crippen LogP contribution in [0.3, 0.4) is 0 Å². The molecule has 1 aromatic rings. The highest BCUT2D eigenvalue weighted by Gasteiger charge is 2.04. The van der Waals surface area contributed by atoms with Gasteiger partial charge in [-0.3, -0.25) is 0 Å². The Labute approximate surface area is 110 Å². The van der Waals surface area contributed by atoms with Gasteiger partial charge in [-0.25, -0.2) is 9.97 Å². The van der Waals surface area contributed by atoms with E-state index in [0.29, 0.717) is 18.8 Å². The molecule has 1 aromatic heterocycles. The number of hydrogen-bond donors (Lipinski definition) is 0. The Morgan fingerprint density at radius 2 is 1.94 bits per heavy atom. The van der Waals surface area contributed by atoms with E-state index < -0.39 is 6.29 Å². The van der Waals surface area contributed by atoms with Crippen molar-refractivity contribution >= 4 is 23.2 Å². The molecule has 1 rings (SSSR count). The number of rotatable bonds is 4. The van der Waals surface area contributed by atoms with Crippen LogP contribution in [0.2, 0.25) is 10.4 Å². The zero-order valence-electron chi connectivity index (χ0n) is 9.54. The van der Waals surface area contributed by atoms with Crippen molar-refractivity contribution in [1.29, 1.82) is 0 Å². The Morgan fingerprint density at radius 3 is 2.47 bits per heavy atom. The molecular formula is C11H12Cl2N2O2. The minimum atomic E-state index is -0.572. The van der Waals surface area contributed by atoms with Crippen molar-refractivity contribution in [2.75, 3.05) is 13.2 Å². The SMILES string of the molecule is CCOC(C#Cc1cnc(Cl)nc1Cl)OCC. The van der Waals surface area contributed by atoms with Gasteiger partial charge in [-0.15, -0.1) is 0 Å². The number of ether oxygens (including phenoxy) is 2. The molecule has 0 aliphatic heterocycles. The second-order valence-corrected chi connectivity index (χ2v) is 3.55. The number of halogens is 2. The van der Waals surface area contributed by atoms with E-state index in [1.165, 1.54) is 6.20 Å². The van der Waals surface area contributed by atoms with E-state index in [-0.39, 0.29) is 10.4 Å². The van der Waals surface area contributed by atoms with Gasteiger partial charge in [-0.2, -0.15) is 0 Å². The zero-order valence-corrected chi connectivity index (χ0v) is 11.0. The van der Waals surface area contributed by atoms with Crippen molar-refractivity contribution in [3.05, 3.63) is 22.2 Å². The molecule has 0 atom stereocenters. The van der Waals surface area contributed by atoms with Gasteiger partial charge in [0.05, 0.1) is 5.56 Å². The maximum atomic E-state index is 5.85. The van der Waals surface area contributed by atoms with E-state index in [1.807, 2.05) is 13.8 Å². The van der Waals surface area contributed by atoms with E-state index >= 15 is 0 Å². The van der Waals surface area contributed by atoms with Crippen LogP contribution in [0.15, 0.2) is 6.20 Å². The van der Waals surface area contributed by atoms with Crippen LogP contribution in [0.1, 0.15) is 19.4 Å². The van der Waals surface area contributed by atoms with Gasteiger partial charge in [0.25, 0.3) is 0 Å². The molecule has 0 amide bonds. The van der Waals surface area contributed by atoms with Crippen LogP contribution in [0.25, 0.3) is 0 Å². The Kier molecular flexibility index (Phi) is 6.23. The summed E-state index contributed by atoms with van der Waals surface area (Å²) < 4.78 is 10.5. The van der Waals surface area contributed by atoms with E-state index in [1.54, 1.807) is 0 Å². The Balaban J connectivity index is 2.80. The summed E-state index contributed by atoms with van der Waals surface area (Å²) in [6.45, 7) is 4.77. The maximum absolute atomic E-state index is 5.85. The van der Waals surface area contributed by atoms with Gasteiger partial charge in [-0.1, -0.05) is 17.5 Å². The molecule has 4 nitrogen and oxygen atoms in total. The molecule has 17 heavy (non-hydrogen) atoms. The minimum Gasteiger partial charge on any atom is -0.342 e. The van der Waals surface area contributed by atoms with E-state index in [0.717, 1.165) is 0 Å². The van der Waals surface area contributed by atoms with E-state index in [2.05, 4.69) is 21.8 Å². The first-order valence-corrected chi connectivity index (χ1v) is 5.85. The highest BCUT2D eigenvalue weighted by Crippen LogP contribution is 2.12. The largest absolute Gasteiger partial charge is 0.342 e. The summed E-state index contributed by atoms with van der Waals surface area (Å²) in [7, 11) is 0. The van der Waals surface area contributed by atoms with E-state index in [4.69, 9.17) is 32.7 Å². The van der Waals surface area contributed by atoms with Crippen molar-refractivity contribution in [3.63, 3.8) is 0 Å². The highest BCUT2D eigenvalue weighted by molar-refractivity contribution is 6.32. The number of hydrogen-bond acceptors (Lipinski definition) is 4. The molecule has 0 aromatic carbocycles. The molecular weight excluding hydrogens is 263 g/mol. The fraction of sp³-hybridized carbons (Fsp3) is 0.455. The Hall–Kier alpha value is -0.860. The Bertz CT molecular complexity index is 423. The first-order valence-electron chi connectivity index (χ1n) is 5.10. The second kappa shape index (κ2) is 7.46. The van der Waals surface area contributed by atoms with Crippen LogP contribution in [0.5, 0.6) is 0 Å². The maximum Gasteiger partial charge on any atom is 0.223 e. The molecule has 92 valence electrons. The molecule has 0 bridgehead atoms. The third-order valence-corrected chi connectivity index (χ3v) is 2.14. The van der Waals surface area contributed by atoms with Crippen molar-refractivity contribution in [2.45, 2.75) is 20.1 Å². The molecule has 0 N–H and O–H groups in total. The molecule has 0 aliphatic rings. The molecule has 0 aliphatic carbocycles. The van der Waals surface area contributed by atoms with Crippen molar-refractivity contribution in [1.82, 2.24) is 9.97 Å². The molecule has 1 heterocycles. The summed E-state index contributed by atoms with van der Waals surface area (Å²) in [6, 6.07) is 0.